The first-order valence-corrected chi connectivity index (χ1v) is 9.78. The van der Waals surface area contributed by atoms with Crippen molar-refractivity contribution in [3.05, 3.63) is 41.5 Å². The molecule has 3 heterocycles. The van der Waals surface area contributed by atoms with E-state index in [1.165, 1.54) is 5.56 Å². The molecule has 1 aromatic heterocycles. The normalized spacial score (nSPS) is 24.3. The van der Waals surface area contributed by atoms with Gasteiger partial charge < -0.3 is 14.6 Å². The number of carbonyl (C=O) groups excluding carboxylic acids is 1. The van der Waals surface area contributed by atoms with Crippen molar-refractivity contribution in [2.75, 3.05) is 20.2 Å². The van der Waals surface area contributed by atoms with Gasteiger partial charge in [0.05, 0.1) is 7.11 Å². The number of ether oxygens (including phenoxy) is 1. The molecule has 1 aliphatic carbocycles. The molecule has 5 rings (SSSR count). The molecule has 1 saturated heterocycles. The van der Waals surface area contributed by atoms with Crippen molar-refractivity contribution in [1.29, 1.82) is 0 Å². The zero-order valence-electron chi connectivity index (χ0n) is 15.6. The van der Waals surface area contributed by atoms with Crippen molar-refractivity contribution in [3.8, 4) is 5.75 Å². The molecule has 0 spiro atoms. The van der Waals surface area contributed by atoms with E-state index in [0.717, 1.165) is 57.0 Å². The number of likely N-dealkylation sites (tertiary alicyclic amines) is 1. The summed E-state index contributed by atoms with van der Waals surface area (Å²) in [7, 11) is 1.69. The molecule has 2 fully saturated rings. The molecule has 1 amide bonds. The van der Waals surface area contributed by atoms with Gasteiger partial charge in [-0.1, -0.05) is 12.1 Å². The minimum absolute atomic E-state index is 0.0669. The molecule has 2 aromatic rings. The third-order valence-corrected chi connectivity index (χ3v) is 6.02. The van der Waals surface area contributed by atoms with E-state index in [9.17, 15) is 4.79 Å². The smallest absolute Gasteiger partial charge is 0.289 e. The van der Waals surface area contributed by atoms with E-state index in [2.05, 4.69) is 37.1 Å². The second-order valence-corrected chi connectivity index (χ2v) is 8.06. The first-order valence-electron chi connectivity index (χ1n) is 9.78. The summed E-state index contributed by atoms with van der Waals surface area (Å²) in [6.45, 7) is 3.93. The van der Waals surface area contributed by atoms with Gasteiger partial charge in [-0.2, -0.15) is 0 Å². The first kappa shape index (κ1) is 16.7. The predicted octanol–water partition coefficient (Wildman–Crippen LogP) is 1.48. The lowest BCUT2D eigenvalue weighted by molar-refractivity contribution is 0.0932. The zero-order chi connectivity index (χ0) is 18.4. The van der Waals surface area contributed by atoms with Crippen molar-refractivity contribution in [2.45, 2.75) is 38.4 Å². The van der Waals surface area contributed by atoms with Crippen LogP contribution >= 0.6 is 0 Å². The predicted molar refractivity (Wildman–Crippen MR) is 99.5 cm³/mol. The molecule has 0 radical (unpaired) electrons. The fourth-order valence-corrected chi connectivity index (χ4v) is 4.39. The van der Waals surface area contributed by atoms with Gasteiger partial charge in [-0.15, -0.1) is 10.2 Å². The van der Waals surface area contributed by atoms with E-state index in [1.807, 2.05) is 12.1 Å². The Bertz CT molecular complexity index is 843. The number of benzene rings is 1. The summed E-state index contributed by atoms with van der Waals surface area (Å²) in [5.41, 5.74) is 1.30. The fraction of sp³-hybridized carbons (Fsp3) is 0.550. The standard InChI is InChI=1S/C20H25N5O2/c1-27-17-6-2-13(3-7-17)9-24-10-14-8-18-22-23-19(20(26)21-16-4-5-16)25(18)12-15(14)11-24/h2-3,6-7,14-16H,4-5,8-12H2,1H3,(H,21,26)/t14-,15-/m0/s1. The van der Waals surface area contributed by atoms with Gasteiger partial charge in [-0.3, -0.25) is 9.69 Å². The van der Waals surface area contributed by atoms with E-state index in [4.69, 9.17) is 4.74 Å². The number of fused-ring (bicyclic) bond motifs is 2. The lowest BCUT2D eigenvalue weighted by Gasteiger charge is -2.25. The van der Waals surface area contributed by atoms with Crippen LogP contribution in [0.4, 0.5) is 0 Å². The molecule has 7 nitrogen and oxygen atoms in total. The average molecular weight is 367 g/mol. The third-order valence-electron chi connectivity index (χ3n) is 6.02. The van der Waals surface area contributed by atoms with Gasteiger partial charge in [0.2, 0.25) is 5.82 Å². The van der Waals surface area contributed by atoms with Crippen LogP contribution in [0.1, 0.15) is 34.8 Å². The highest BCUT2D eigenvalue weighted by atomic mass is 16.5. The van der Waals surface area contributed by atoms with Crippen molar-refractivity contribution in [3.63, 3.8) is 0 Å². The van der Waals surface area contributed by atoms with Crippen molar-refractivity contribution >= 4 is 5.91 Å². The number of nitrogens with zero attached hydrogens (tertiary/aromatic N) is 4. The molecule has 2 aliphatic heterocycles. The van der Waals surface area contributed by atoms with Crippen molar-refractivity contribution < 1.29 is 9.53 Å². The largest absolute Gasteiger partial charge is 0.497 e. The van der Waals surface area contributed by atoms with E-state index >= 15 is 0 Å². The van der Waals surface area contributed by atoms with Crippen molar-refractivity contribution in [2.24, 2.45) is 11.8 Å². The summed E-state index contributed by atoms with van der Waals surface area (Å²) in [6, 6.07) is 8.65. The van der Waals surface area contributed by atoms with Crippen LogP contribution in [0.5, 0.6) is 5.75 Å². The molecular weight excluding hydrogens is 342 g/mol. The monoisotopic (exact) mass is 367 g/mol. The van der Waals surface area contributed by atoms with E-state index < -0.39 is 0 Å². The summed E-state index contributed by atoms with van der Waals surface area (Å²) in [5.74, 6) is 3.43. The van der Waals surface area contributed by atoms with Gasteiger partial charge in [0.15, 0.2) is 0 Å². The van der Waals surface area contributed by atoms with Gasteiger partial charge in [0, 0.05) is 38.6 Å². The van der Waals surface area contributed by atoms with Gasteiger partial charge in [-0.05, 0) is 42.4 Å². The highest BCUT2D eigenvalue weighted by Gasteiger charge is 2.39. The van der Waals surface area contributed by atoms with Crippen LogP contribution in [0.3, 0.4) is 0 Å². The summed E-state index contributed by atoms with van der Waals surface area (Å²) < 4.78 is 7.29. The highest BCUT2D eigenvalue weighted by molar-refractivity contribution is 5.91. The Morgan fingerprint density at radius 3 is 2.67 bits per heavy atom. The summed E-state index contributed by atoms with van der Waals surface area (Å²) in [6.07, 6.45) is 3.07. The van der Waals surface area contributed by atoms with Crippen LogP contribution in [0, 0.1) is 11.8 Å². The first-order chi connectivity index (χ1) is 13.2. The molecule has 27 heavy (non-hydrogen) atoms. The number of aromatic nitrogens is 3. The summed E-state index contributed by atoms with van der Waals surface area (Å²) >= 11 is 0. The Kier molecular flexibility index (Phi) is 4.11. The number of methoxy groups -OCH3 is 1. The number of nitrogens with one attached hydrogen (secondary N) is 1. The number of hydrogen-bond donors (Lipinski definition) is 1. The molecule has 1 saturated carbocycles. The van der Waals surface area contributed by atoms with E-state index in [0.29, 0.717) is 23.7 Å². The van der Waals surface area contributed by atoms with Crippen LogP contribution in [0.15, 0.2) is 24.3 Å². The number of amides is 1. The molecule has 0 bridgehead atoms. The topological polar surface area (TPSA) is 72.3 Å². The third kappa shape index (κ3) is 3.32. The Morgan fingerprint density at radius 1 is 1.15 bits per heavy atom. The summed E-state index contributed by atoms with van der Waals surface area (Å²) in [5, 5.41) is 11.5. The molecule has 1 N–H and O–H groups in total. The van der Waals surface area contributed by atoms with Crippen molar-refractivity contribution in [1.82, 2.24) is 25.0 Å². The van der Waals surface area contributed by atoms with E-state index in [-0.39, 0.29) is 5.91 Å². The highest BCUT2D eigenvalue weighted by Crippen LogP contribution is 2.33. The van der Waals surface area contributed by atoms with Gasteiger partial charge in [0.1, 0.15) is 11.6 Å². The van der Waals surface area contributed by atoms with Crippen LogP contribution in [0.25, 0.3) is 0 Å². The minimum atomic E-state index is -0.0669. The SMILES string of the molecule is COc1ccc(CN2C[C@@H]3Cc4nnc(C(=O)NC5CC5)n4C[C@@H]3C2)cc1. The van der Waals surface area contributed by atoms with Crippen LogP contribution < -0.4 is 10.1 Å². The maximum Gasteiger partial charge on any atom is 0.289 e. The lowest BCUT2D eigenvalue weighted by atomic mass is 9.89. The van der Waals surface area contributed by atoms with Gasteiger partial charge in [-0.25, -0.2) is 0 Å². The lowest BCUT2D eigenvalue weighted by Crippen LogP contribution is -2.33. The zero-order valence-corrected chi connectivity index (χ0v) is 15.6. The Labute approximate surface area is 158 Å². The molecular formula is C20H25N5O2. The summed E-state index contributed by atoms with van der Waals surface area (Å²) in [4.78, 5) is 14.9. The van der Waals surface area contributed by atoms with Crippen LogP contribution in [-0.2, 0) is 19.5 Å². The molecule has 3 aliphatic rings. The van der Waals surface area contributed by atoms with Gasteiger partial charge >= 0.3 is 0 Å². The second kappa shape index (κ2) is 6.64. The molecule has 142 valence electrons. The molecule has 1 aromatic carbocycles. The molecule has 7 heteroatoms. The number of carbonyl (C=O) groups is 1. The van der Waals surface area contributed by atoms with Crippen LogP contribution in [0.2, 0.25) is 0 Å². The second-order valence-electron chi connectivity index (χ2n) is 8.06. The average Bonchev–Trinajstić information content (AvgIpc) is 3.25. The maximum absolute atomic E-state index is 12.4. The maximum atomic E-state index is 12.4. The molecule has 2 atom stereocenters. The quantitative estimate of drug-likeness (QED) is 0.867. The van der Waals surface area contributed by atoms with Crippen LogP contribution in [-0.4, -0.2) is 51.8 Å². The van der Waals surface area contributed by atoms with Gasteiger partial charge in [0.25, 0.3) is 5.91 Å². The Hall–Kier alpha value is -2.41. The minimum Gasteiger partial charge on any atom is -0.497 e. The number of rotatable bonds is 5. The Morgan fingerprint density at radius 2 is 1.93 bits per heavy atom. The Balaban J connectivity index is 1.25. The number of hydrogen-bond acceptors (Lipinski definition) is 5. The van der Waals surface area contributed by atoms with E-state index in [1.54, 1.807) is 7.11 Å². The molecule has 0 unspecified atom stereocenters. The fourth-order valence-electron chi connectivity index (χ4n) is 4.39.